The van der Waals surface area contributed by atoms with E-state index >= 15 is 0 Å². The highest BCUT2D eigenvalue weighted by atomic mass is 16.5. The molecule has 3 saturated heterocycles. The number of fused-ring (bicyclic) bond motifs is 3. The molecule has 1 N–H and O–H groups in total. The van der Waals surface area contributed by atoms with Crippen LogP contribution in [0.5, 0.6) is 0 Å². The molecule has 2 bridgehead atoms. The van der Waals surface area contributed by atoms with Crippen LogP contribution in [0.1, 0.15) is 24.2 Å². The highest BCUT2D eigenvalue weighted by Crippen LogP contribution is 2.34. The van der Waals surface area contributed by atoms with Crippen molar-refractivity contribution in [3.8, 4) is 0 Å². The first kappa shape index (κ1) is 18.2. The van der Waals surface area contributed by atoms with Gasteiger partial charge in [0.2, 0.25) is 0 Å². The van der Waals surface area contributed by atoms with Gasteiger partial charge in [0.15, 0.2) is 0 Å². The number of piperidine rings is 3. The number of nitrogens with zero attached hydrogens (tertiary/aromatic N) is 3. The Balaban J connectivity index is 1.64. The van der Waals surface area contributed by atoms with Gasteiger partial charge in [-0.25, -0.2) is 4.98 Å². The van der Waals surface area contributed by atoms with Crippen molar-refractivity contribution in [1.29, 1.82) is 0 Å². The minimum atomic E-state index is -1.14. The van der Waals surface area contributed by atoms with Crippen LogP contribution in [-0.4, -0.2) is 57.9 Å². The molecule has 0 amide bonds. The first-order valence-corrected chi connectivity index (χ1v) is 9.70. The summed E-state index contributed by atoms with van der Waals surface area (Å²) in [6.07, 6.45) is 5.62. The van der Waals surface area contributed by atoms with E-state index in [1.165, 1.54) is 0 Å². The van der Waals surface area contributed by atoms with E-state index < -0.39 is 5.41 Å². The molecule has 27 heavy (non-hydrogen) atoms. The SMILES string of the molecule is Cc1nccn1CC(CO)(C(=O)OC1CN2CCC1CC2)c1ccccc1. The van der Waals surface area contributed by atoms with Crippen molar-refractivity contribution in [2.45, 2.75) is 37.8 Å². The third-order valence-electron chi connectivity index (χ3n) is 6.21. The van der Waals surface area contributed by atoms with Gasteiger partial charge in [-0.15, -0.1) is 0 Å². The summed E-state index contributed by atoms with van der Waals surface area (Å²) in [6.45, 7) is 4.88. The van der Waals surface area contributed by atoms with Crippen LogP contribution in [0.2, 0.25) is 0 Å². The van der Waals surface area contributed by atoms with Crippen LogP contribution in [0, 0.1) is 12.8 Å². The van der Waals surface area contributed by atoms with Gasteiger partial charge >= 0.3 is 5.97 Å². The fraction of sp³-hybridized carbons (Fsp3) is 0.524. The molecule has 5 rings (SSSR count). The van der Waals surface area contributed by atoms with Crippen LogP contribution in [0.4, 0.5) is 0 Å². The van der Waals surface area contributed by atoms with E-state index in [4.69, 9.17) is 4.74 Å². The van der Waals surface area contributed by atoms with Gasteiger partial charge in [-0.3, -0.25) is 9.69 Å². The summed E-state index contributed by atoms with van der Waals surface area (Å²) in [5.74, 6) is 0.892. The Kier molecular flexibility index (Phi) is 5.02. The van der Waals surface area contributed by atoms with Crippen LogP contribution in [-0.2, 0) is 21.5 Å². The molecule has 4 heterocycles. The Morgan fingerprint density at radius 3 is 2.59 bits per heavy atom. The zero-order valence-electron chi connectivity index (χ0n) is 15.8. The number of aliphatic hydroxyl groups excluding tert-OH is 1. The van der Waals surface area contributed by atoms with Gasteiger partial charge in [-0.05, 0) is 44.3 Å². The summed E-state index contributed by atoms with van der Waals surface area (Å²) in [7, 11) is 0. The molecule has 6 heteroatoms. The molecule has 2 atom stereocenters. The van der Waals surface area contributed by atoms with Gasteiger partial charge in [-0.2, -0.15) is 0 Å². The lowest BCUT2D eigenvalue weighted by Gasteiger charge is -2.45. The number of imidazole rings is 1. The van der Waals surface area contributed by atoms with Crippen LogP contribution in [0.15, 0.2) is 42.7 Å². The third kappa shape index (κ3) is 3.39. The van der Waals surface area contributed by atoms with Crippen molar-refractivity contribution in [3.63, 3.8) is 0 Å². The molecule has 144 valence electrons. The zero-order valence-corrected chi connectivity index (χ0v) is 15.8. The van der Waals surface area contributed by atoms with Crippen molar-refractivity contribution >= 4 is 5.97 Å². The first-order valence-electron chi connectivity index (χ1n) is 9.70. The summed E-state index contributed by atoms with van der Waals surface area (Å²) in [6, 6.07) is 9.47. The number of esters is 1. The second-order valence-electron chi connectivity index (χ2n) is 7.79. The number of benzene rings is 1. The lowest BCUT2D eigenvalue weighted by atomic mass is 9.80. The van der Waals surface area contributed by atoms with Gasteiger partial charge in [0.25, 0.3) is 0 Å². The van der Waals surface area contributed by atoms with Crippen molar-refractivity contribution < 1.29 is 14.6 Å². The van der Waals surface area contributed by atoms with Gasteiger partial charge in [0.1, 0.15) is 17.3 Å². The van der Waals surface area contributed by atoms with Crippen LogP contribution < -0.4 is 0 Å². The number of carbonyl (C=O) groups is 1. The molecule has 3 aliphatic rings. The predicted molar refractivity (Wildman–Crippen MR) is 101 cm³/mol. The van der Waals surface area contributed by atoms with Crippen molar-refractivity contribution in [2.75, 3.05) is 26.2 Å². The quantitative estimate of drug-likeness (QED) is 0.786. The number of aromatic nitrogens is 2. The normalized spacial score (nSPS) is 26.5. The molecule has 0 radical (unpaired) electrons. The number of carbonyl (C=O) groups excluding carboxylic acids is 1. The van der Waals surface area contributed by atoms with Gasteiger partial charge in [-0.1, -0.05) is 30.3 Å². The van der Waals surface area contributed by atoms with Crippen LogP contribution in [0.25, 0.3) is 0 Å². The van der Waals surface area contributed by atoms with Crippen molar-refractivity contribution in [1.82, 2.24) is 14.5 Å². The Hall–Kier alpha value is -2.18. The smallest absolute Gasteiger partial charge is 0.321 e. The van der Waals surface area contributed by atoms with Gasteiger partial charge in [0, 0.05) is 25.5 Å². The van der Waals surface area contributed by atoms with Crippen molar-refractivity contribution in [3.05, 3.63) is 54.1 Å². The number of aliphatic hydroxyl groups is 1. The fourth-order valence-corrected chi connectivity index (χ4v) is 4.39. The summed E-state index contributed by atoms with van der Waals surface area (Å²) >= 11 is 0. The minimum absolute atomic E-state index is 0.0847. The number of hydrogen-bond donors (Lipinski definition) is 1. The van der Waals surface area contributed by atoms with E-state index in [0.717, 1.165) is 43.9 Å². The Bertz CT molecular complexity index is 783. The van der Waals surface area contributed by atoms with Gasteiger partial charge < -0.3 is 14.4 Å². The summed E-state index contributed by atoms with van der Waals surface area (Å²) in [5, 5.41) is 10.4. The second-order valence-corrected chi connectivity index (χ2v) is 7.79. The molecule has 6 nitrogen and oxygen atoms in total. The number of aryl methyl sites for hydroxylation is 1. The van der Waals surface area contributed by atoms with E-state index in [1.54, 1.807) is 6.20 Å². The predicted octanol–water partition coefficient (Wildman–Crippen LogP) is 1.76. The molecule has 0 aliphatic carbocycles. The standard InChI is InChI=1S/C21H27N3O3/c1-16-22-9-12-24(16)14-21(15-25,18-5-3-2-4-6-18)20(26)27-19-13-23-10-7-17(19)8-11-23/h2-6,9,12,17,19,25H,7-8,10-11,13-15H2,1H3. The second kappa shape index (κ2) is 7.44. The summed E-state index contributed by atoms with van der Waals surface area (Å²) < 4.78 is 7.95. The van der Waals surface area contributed by atoms with Crippen LogP contribution in [0.3, 0.4) is 0 Å². The fourth-order valence-electron chi connectivity index (χ4n) is 4.39. The summed E-state index contributed by atoms with van der Waals surface area (Å²) in [4.78, 5) is 20.1. The van der Waals surface area contributed by atoms with Crippen LogP contribution >= 0.6 is 0 Å². The van der Waals surface area contributed by atoms with E-state index in [1.807, 2.05) is 48.0 Å². The van der Waals surface area contributed by atoms with E-state index in [9.17, 15) is 9.90 Å². The molecular formula is C21H27N3O3. The number of ether oxygens (including phenoxy) is 1. The maximum atomic E-state index is 13.4. The molecule has 2 aromatic rings. The Morgan fingerprint density at radius 1 is 1.30 bits per heavy atom. The molecule has 0 spiro atoms. The van der Waals surface area contributed by atoms with Gasteiger partial charge in [0.05, 0.1) is 6.61 Å². The molecular weight excluding hydrogens is 342 g/mol. The molecule has 1 aromatic heterocycles. The first-order chi connectivity index (χ1) is 13.1. The minimum Gasteiger partial charge on any atom is -0.460 e. The molecule has 3 aliphatic heterocycles. The molecule has 2 unspecified atom stereocenters. The average molecular weight is 369 g/mol. The summed E-state index contributed by atoms with van der Waals surface area (Å²) in [5.41, 5.74) is -0.370. The molecule has 1 aromatic carbocycles. The maximum Gasteiger partial charge on any atom is 0.321 e. The number of rotatable bonds is 6. The number of hydrogen-bond acceptors (Lipinski definition) is 5. The topological polar surface area (TPSA) is 67.6 Å². The van der Waals surface area contributed by atoms with Crippen molar-refractivity contribution in [2.24, 2.45) is 5.92 Å². The third-order valence-corrected chi connectivity index (χ3v) is 6.21. The Morgan fingerprint density at radius 2 is 2.04 bits per heavy atom. The Labute approximate surface area is 159 Å². The lowest BCUT2D eigenvalue weighted by Crippen LogP contribution is -2.54. The largest absolute Gasteiger partial charge is 0.460 e. The average Bonchev–Trinajstić information content (AvgIpc) is 3.12. The maximum absolute atomic E-state index is 13.4. The van der Waals surface area contributed by atoms with E-state index in [-0.39, 0.29) is 18.7 Å². The lowest BCUT2D eigenvalue weighted by molar-refractivity contribution is -0.168. The molecule has 0 saturated carbocycles. The monoisotopic (exact) mass is 369 g/mol. The zero-order chi connectivity index (χ0) is 18.9. The molecule has 3 fully saturated rings. The highest BCUT2D eigenvalue weighted by molar-refractivity contribution is 5.83. The highest BCUT2D eigenvalue weighted by Gasteiger charge is 2.45. The van der Waals surface area contributed by atoms with E-state index in [2.05, 4.69) is 9.88 Å². The van der Waals surface area contributed by atoms with E-state index in [0.29, 0.717) is 12.5 Å².